The SMILES string of the molecule is Cc1cc(OCCCN2CCOCC2)cc(F)c1-c1c(Cl)nc2ncnn2c1N[C@@H](C)C(F)(F)F. The Labute approximate surface area is 204 Å². The molecule has 1 aliphatic rings. The van der Waals surface area contributed by atoms with Crippen molar-refractivity contribution in [2.75, 3.05) is 44.8 Å². The molecule has 1 aromatic carbocycles. The number of rotatable bonds is 8. The van der Waals surface area contributed by atoms with Gasteiger partial charge in [0.15, 0.2) is 0 Å². The first kappa shape index (κ1) is 25.4. The van der Waals surface area contributed by atoms with Gasteiger partial charge < -0.3 is 14.8 Å². The van der Waals surface area contributed by atoms with E-state index in [9.17, 15) is 13.2 Å². The maximum absolute atomic E-state index is 15.4. The predicted octanol–water partition coefficient (Wildman–Crippen LogP) is 4.36. The first-order valence-corrected chi connectivity index (χ1v) is 11.5. The molecular weight excluding hydrogens is 492 g/mol. The highest BCUT2D eigenvalue weighted by molar-refractivity contribution is 6.33. The highest BCUT2D eigenvalue weighted by Crippen LogP contribution is 2.40. The van der Waals surface area contributed by atoms with E-state index in [1.165, 1.54) is 6.07 Å². The molecule has 0 radical (unpaired) electrons. The smallest absolute Gasteiger partial charge is 0.408 e. The number of nitrogens with zero attached hydrogens (tertiary/aromatic N) is 5. The fraction of sp³-hybridized carbons (Fsp3) is 0.500. The Hall–Kier alpha value is -2.70. The lowest BCUT2D eigenvalue weighted by atomic mass is 10.0. The standard InChI is InChI=1S/C22H25ClF4N6O2/c1-13-10-15(35-7-3-4-32-5-8-34-9-6-32)11-16(24)17(13)18-19(23)31-21-28-12-29-33(21)20(18)30-14(2)22(25,26)27/h10-12,14,30H,3-9H2,1-2H3/t14-/m0/s1. The highest BCUT2D eigenvalue weighted by Gasteiger charge is 2.37. The summed E-state index contributed by atoms with van der Waals surface area (Å²) in [5, 5.41) is 6.10. The molecule has 1 N–H and O–H groups in total. The molecule has 0 saturated carbocycles. The van der Waals surface area contributed by atoms with Crippen LogP contribution in [0.2, 0.25) is 5.15 Å². The summed E-state index contributed by atoms with van der Waals surface area (Å²) in [5.74, 6) is -0.578. The number of hydrogen-bond donors (Lipinski definition) is 1. The monoisotopic (exact) mass is 516 g/mol. The predicted molar refractivity (Wildman–Crippen MR) is 122 cm³/mol. The average Bonchev–Trinajstić information content (AvgIpc) is 3.26. The van der Waals surface area contributed by atoms with Crippen molar-refractivity contribution in [3.8, 4) is 16.9 Å². The van der Waals surface area contributed by atoms with E-state index in [4.69, 9.17) is 21.1 Å². The number of anilines is 1. The van der Waals surface area contributed by atoms with E-state index in [1.807, 2.05) is 0 Å². The summed E-state index contributed by atoms with van der Waals surface area (Å²) >= 11 is 6.33. The molecule has 1 atom stereocenters. The Bertz CT molecular complexity index is 1160. The van der Waals surface area contributed by atoms with Crippen molar-refractivity contribution >= 4 is 23.2 Å². The second-order valence-electron chi connectivity index (χ2n) is 8.26. The maximum atomic E-state index is 15.4. The zero-order chi connectivity index (χ0) is 25.2. The van der Waals surface area contributed by atoms with E-state index in [2.05, 4.69) is 25.3 Å². The van der Waals surface area contributed by atoms with Crippen LogP contribution in [0.1, 0.15) is 18.9 Å². The number of benzene rings is 1. The summed E-state index contributed by atoms with van der Waals surface area (Å²) in [6.07, 6.45) is -2.68. The Morgan fingerprint density at radius 3 is 2.66 bits per heavy atom. The molecule has 0 aliphatic carbocycles. The van der Waals surface area contributed by atoms with Crippen molar-refractivity contribution in [3.05, 3.63) is 35.0 Å². The van der Waals surface area contributed by atoms with Gasteiger partial charge in [-0.15, -0.1) is 0 Å². The number of aryl methyl sites for hydroxylation is 1. The fourth-order valence-corrected chi connectivity index (χ4v) is 4.13. The van der Waals surface area contributed by atoms with Crippen LogP contribution in [-0.2, 0) is 4.74 Å². The van der Waals surface area contributed by atoms with Crippen molar-refractivity contribution in [2.45, 2.75) is 32.5 Å². The van der Waals surface area contributed by atoms with Crippen LogP contribution >= 0.6 is 11.6 Å². The van der Waals surface area contributed by atoms with E-state index in [0.717, 1.165) is 43.8 Å². The van der Waals surface area contributed by atoms with Gasteiger partial charge >= 0.3 is 6.18 Å². The lowest BCUT2D eigenvalue weighted by Gasteiger charge is -2.26. The van der Waals surface area contributed by atoms with E-state index >= 15 is 4.39 Å². The first-order valence-electron chi connectivity index (χ1n) is 11.1. The van der Waals surface area contributed by atoms with E-state index in [1.54, 1.807) is 13.0 Å². The van der Waals surface area contributed by atoms with Gasteiger partial charge in [-0.1, -0.05) is 11.6 Å². The lowest BCUT2D eigenvalue weighted by molar-refractivity contribution is -0.138. The van der Waals surface area contributed by atoms with Gasteiger partial charge in [-0.3, -0.25) is 4.90 Å². The summed E-state index contributed by atoms with van der Waals surface area (Å²) < 4.78 is 67.5. The molecular formula is C22H25ClF4N6O2. The van der Waals surface area contributed by atoms with Crippen molar-refractivity contribution in [2.24, 2.45) is 0 Å². The molecule has 1 fully saturated rings. The van der Waals surface area contributed by atoms with Crippen LogP contribution in [0.5, 0.6) is 5.75 Å². The summed E-state index contributed by atoms with van der Waals surface area (Å²) in [6, 6.07) is 0.839. The second kappa shape index (κ2) is 10.5. The van der Waals surface area contributed by atoms with Gasteiger partial charge in [-0.05, 0) is 31.9 Å². The van der Waals surface area contributed by atoms with Crippen molar-refractivity contribution < 1.29 is 27.0 Å². The molecule has 0 unspecified atom stereocenters. The maximum Gasteiger partial charge on any atom is 0.408 e. The number of morpholine rings is 1. The van der Waals surface area contributed by atoms with E-state index in [-0.39, 0.29) is 27.9 Å². The Morgan fingerprint density at radius 2 is 1.97 bits per heavy atom. The third kappa shape index (κ3) is 5.76. The van der Waals surface area contributed by atoms with Crippen LogP contribution in [0.3, 0.4) is 0 Å². The van der Waals surface area contributed by atoms with Gasteiger partial charge in [0.2, 0.25) is 0 Å². The van der Waals surface area contributed by atoms with Crippen LogP contribution in [0.4, 0.5) is 23.4 Å². The van der Waals surface area contributed by atoms with Crippen LogP contribution in [0.25, 0.3) is 16.9 Å². The highest BCUT2D eigenvalue weighted by atomic mass is 35.5. The number of alkyl halides is 3. The minimum atomic E-state index is -4.56. The van der Waals surface area contributed by atoms with Gasteiger partial charge in [-0.25, -0.2) is 4.39 Å². The van der Waals surface area contributed by atoms with Gasteiger partial charge in [0.25, 0.3) is 5.78 Å². The minimum absolute atomic E-state index is 0.00237. The molecule has 0 bridgehead atoms. The molecule has 13 heteroatoms. The number of nitrogens with one attached hydrogen (secondary N) is 1. The molecule has 2 aromatic heterocycles. The van der Waals surface area contributed by atoms with Gasteiger partial charge in [0.05, 0.1) is 25.4 Å². The van der Waals surface area contributed by atoms with Crippen LogP contribution in [-0.4, -0.2) is 76.2 Å². The summed E-state index contributed by atoms with van der Waals surface area (Å²) in [6.45, 7) is 6.96. The summed E-state index contributed by atoms with van der Waals surface area (Å²) in [7, 11) is 0. The third-order valence-corrected chi connectivity index (χ3v) is 6.00. The molecule has 1 saturated heterocycles. The lowest BCUT2D eigenvalue weighted by Crippen LogP contribution is -2.37. The molecule has 0 amide bonds. The number of fused-ring (bicyclic) bond motifs is 1. The molecule has 3 aromatic rings. The fourth-order valence-electron chi connectivity index (χ4n) is 3.87. The van der Waals surface area contributed by atoms with E-state index < -0.39 is 18.0 Å². The molecule has 35 heavy (non-hydrogen) atoms. The number of hydrogen-bond acceptors (Lipinski definition) is 7. The van der Waals surface area contributed by atoms with Gasteiger partial charge in [0.1, 0.15) is 34.9 Å². The van der Waals surface area contributed by atoms with Crippen LogP contribution in [0, 0.1) is 12.7 Å². The number of halogens is 5. The van der Waals surface area contributed by atoms with Gasteiger partial charge in [-0.2, -0.15) is 32.8 Å². The van der Waals surface area contributed by atoms with Crippen LogP contribution in [0.15, 0.2) is 18.5 Å². The molecule has 0 spiro atoms. The second-order valence-corrected chi connectivity index (χ2v) is 8.62. The largest absolute Gasteiger partial charge is 0.493 e. The number of ether oxygens (including phenoxy) is 2. The average molecular weight is 517 g/mol. The quantitative estimate of drug-likeness (QED) is 0.271. The summed E-state index contributed by atoms with van der Waals surface area (Å²) in [5.41, 5.74) is 0.367. The van der Waals surface area contributed by atoms with Crippen molar-refractivity contribution in [3.63, 3.8) is 0 Å². The minimum Gasteiger partial charge on any atom is -0.493 e. The zero-order valence-corrected chi connectivity index (χ0v) is 20.0. The van der Waals surface area contributed by atoms with Crippen molar-refractivity contribution in [1.82, 2.24) is 24.5 Å². The Morgan fingerprint density at radius 1 is 1.23 bits per heavy atom. The Kier molecular flexibility index (Phi) is 7.62. The van der Waals surface area contributed by atoms with E-state index in [0.29, 0.717) is 31.1 Å². The summed E-state index contributed by atoms with van der Waals surface area (Å²) in [4.78, 5) is 10.2. The topological polar surface area (TPSA) is 76.8 Å². The molecule has 1 aliphatic heterocycles. The zero-order valence-electron chi connectivity index (χ0n) is 19.2. The van der Waals surface area contributed by atoms with Crippen molar-refractivity contribution in [1.29, 1.82) is 0 Å². The van der Waals surface area contributed by atoms with Crippen LogP contribution < -0.4 is 10.1 Å². The molecule has 4 rings (SSSR count). The van der Waals surface area contributed by atoms with Gasteiger partial charge in [0, 0.05) is 31.3 Å². The first-order chi connectivity index (χ1) is 16.6. The number of aromatic nitrogens is 4. The normalized spacial score (nSPS) is 16.0. The molecule has 8 nitrogen and oxygen atoms in total. The Balaban J connectivity index is 1.60. The molecule has 3 heterocycles. The molecule has 190 valence electrons. The third-order valence-electron chi connectivity index (χ3n) is 5.73.